The van der Waals surface area contributed by atoms with Crippen LogP contribution in [0.5, 0.6) is 0 Å². The fourth-order valence-corrected chi connectivity index (χ4v) is 2.05. The number of hydrogen-bond acceptors (Lipinski definition) is 1. The van der Waals surface area contributed by atoms with Crippen molar-refractivity contribution in [2.24, 2.45) is 0 Å². The lowest BCUT2D eigenvalue weighted by atomic mass is 10.1. The van der Waals surface area contributed by atoms with Crippen LogP contribution in [0.3, 0.4) is 0 Å². The summed E-state index contributed by atoms with van der Waals surface area (Å²) in [7, 11) is 0. The Morgan fingerprint density at radius 2 is 1.73 bits per heavy atom. The zero-order valence-corrected chi connectivity index (χ0v) is 11.0. The van der Waals surface area contributed by atoms with E-state index in [2.05, 4.69) is 37.9 Å². The molecular formula is C12H8Br2O. The number of carbonyl (C=O) groups is 1. The maximum atomic E-state index is 11.2. The third-order valence-corrected chi connectivity index (χ3v) is 4.28. The first kappa shape index (κ1) is 10.8. The van der Waals surface area contributed by atoms with Gasteiger partial charge in [0.1, 0.15) is 4.83 Å². The fraction of sp³-hybridized carbons (Fsp3) is 0.0833. The first-order chi connectivity index (χ1) is 7.18. The second-order valence-corrected chi connectivity index (χ2v) is 4.97. The van der Waals surface area contributed by atoms with Crippen LogP contribution in [0.2, 0.25) is 0 Å². The molecule has 0 aliphatic rings. The first-order valence-electron chi connectivity index (χ1n) is 4.50. The number of benzene rings is 2. The number of carbonyl (C=O) groups excluding carboxylic acids is 1. The molecule has 0 saturated heterocycles. The van der Waals surface area contributed by atoms with Crippen LogP contribution in [0.25, 0.3) is 10.8 Å². The number of halogens is 2. The summed E-state index contributed by atoms with van der Waals surface area (Å²) >= 11 is 6.29. The summed E-state index contributed by atoms with van der Waals surface area (Å²) in [5, 5.41) is 2.33. The highest BCUT2D eigenvalue weighted by atomic mass is 79.9. The molecule has 0 radical (unpaired) electrons. The minimum absolute atomic E-state index is 0.0576. The van der Waals surface area contributed by atoms with E-state index < -0.39 is 0 Å². The van der Waals surface area contributed by atoms with E-state index in [4.69, 9.17) is 0 Å². The topological polar surface area (TPSA) is 17.1 Å². The molecule has 1 atom stereocenters. The number of alkyl halides is 1. The van der Waals surface area contributed by atoms with Gasteiger partial charge >= 0.3 is 0 Å². The maximum Gasteiger partial charge on any atom is 0.215 e. The highest BCUT2D eigenvalue weighted by Crippen LogP contribution is 2.28. The summed E-state index contributed by atoms with van der Waals surface area (Å²) < 4.78 is -0.0576. The molecular weight excluding hydrogens is 320 g/mol. The normalized spacial score (nSPS) is 12.7. The van der Waals surface area contributed by atoms with Gasteiger partial charge in [0, 0.05) is 0 Å². The summed E-state index contributed by atoms with van der Waals surface area (Å²) in [6, 6.07) is 14.1. The Morgan fingerprint density at radius 1 is 1.07 bits per heavy atom. The van der Waals surface area contributed by atoms with Crippen LogP contribution in [-0.4, -0.2) is 4.69 Å². The van der Waals surface area contributed by atoms with Crippen molar-refractivity contribution in [3.63, 3.8) is 0 Å². The molecule has 1 unspecified atom stereocenters. The molecule has 2 aromatic carbocycles. The van der Waals surface area contributed by atoms with Gasteiger partial charge in [-0.15, -0.1) is 0 Å². The van der Waals surface area contributed by atoms with Gasteiger partial charge < -0.3 is 0 Å². The van der Waals surface area contributed by atoms with Crippen LogP contribution in [0.15, 0.2) is 42.5 Å². The van der Waals surface area contributed by atoms with Crippen molar-refractivity contribution in [3.8, 4) is 0 Å². The first-order valence-corrected chi connectivity index (χ1v) is 6.21. The van der Waals surface area contributed by atoms with E-state index >= 15 is 0 Å². The lowest BCUT2D eigenvalue weighted by Gasteiger charge is -2.06. The zero-order chi connectivity index (χ0) is 10.8. The van der Waals surface area contributed by atoms with Gasteiger partial charge in [0.2, 0.25) is 4.69 Å². The van der Waals surface area contributed by atoms with Crippen molar-refractivity contribution in [2.75, 3.05) is 0 Å². The average Bonchev–Trinajstić information content (AvgIpc) is 2.27. The molecule has 0 saturated carbocycles. The fourth-order valence-electron chi connectivity index (χ4n) is 1.50. The van der Waals surface area contributed by atoms with Gasteiger partial charge in [0.05, 0.1) is 0 Å². The quantitative estimate of drug-likeness (QED) is 0.597. The second-order valence-electron chi connectivity index (χ2n) is 3.27. The number of hydrogen-bond donors (Lipinski definition) is 0. The van der Waals surface area contributed by atoms with Gasteiger partial charge in [-0.3, -0.25) is 4.79 Å². The van der Waals surface area contributed by atoms with Gasteiger partial charge in [-0.25, -0.2) is 0 Å². The number of fused-ring (bicyclic) bond motifs is 1. The maximum absolute atomic E-state index is 11.2. The van der Waals surface area contributed by atoms with Crippen molar-refractivity contribution in [3.05, 3.63) is 48.0 Å². The smallest absolute Gasteiger partial charge is 0.215 e. The highest BCUT2D eigenvalue weighted by Gasteiger charge is 2.13. The molecule has 0 N–H and O–H groups in total. The molecule has 2 aromatic rings. The van der Waals surface area contributed by atoms with Crippen LogP contribution in [0, 0.1) is 0 Å². The Labute approximate surface area is 105 Å². The van der Waals surface area contributed by atoms with Crippen LogP contribution < -0.4 is 0 Å². The van der Waals surface area contributed by atoms with Crippen molar-refractivity contribution in [1.82, 2.24) is 0 Å². The summed E-state index contributed by atoms with van der Waals surface area (Å²) in [4.78, 5) is 10.9. The van der Waals surface area contributed by atoms with Crippen LogP contribution in [0.4, 0.5) is 0 Å². The summed E-state index contributed by atoms with van der Waals surface area (Å²) in [6.45, 7) is 0. The Bertz CT molecular complexity index is 508. The lowest BCUT2D eigenvalue weighted by molar-refractivity contribution is -0.109. The minimum Gasteiger partial charge on any atom is -0.285 e. The van der Waals surface area contributed by atoms with Gasteiger partial charge in [-0.1, -0.05) is 52.3 Å². The molecule has 0 aliphatic carbocycles. The highest BCUT2D eigenvalue weighted by molar-refractivity contribution is 9.19. The van der Waals surface area contributed by atoms with Gasteiger partial charge in [0.15, 0.2) is 0 Å². The second kappa shape index (κ2) is 4.45. The lowest BCUT2D eigenvalue weighted by Crippen LogP contribution is -1.97. The molecule has 3 heteroatoms. The van der Waals surface area contributed by atoms with Crippen molar-refractivity contribution >= 4 is 47.3 Å². The minimum atomic E-state index is -0.276. The van der Waals surface area contributed by atoms with Crippen molar-refractivity contribution in [1.29, 1.82) is 0 Å². The molecule has 76 valence electrons. The van der Waals surface area contributed by atoms with Gasteiger partial charge in [0.25, 0.3) is 0 Å². The Kier molecular flexibility index (Phi) is 3.22. The molecule has 0 bridgehead atoms. The third kappa shape index (κ3) is 2.29. The average molecular weight is 328 g/mol. The monoisotopic (exact) mass is 326 g/mol. The van der Waals surface area contributed by atoms with Gasteiger partial charge in [-0.05, 0) is 38.3 Å². The molecule has 1 nitrogen and oxygen atoms in total. The predicted molar refractivity (Wildman–Crippen MR) is 69.6 cm³/mol. The Morgan fingerprint density at radius 3 is 2.40 bits per heavy atom. The van der Waals surface area contributed by atoms with Crippen LogP contribution >= 0.6 is 31.9 Å². The van der Waals surface area contributed by atoms with Crippen LogP contribution in [-0.2, 0) is 4.79 Å². The van der Waals surface area contributed by atoms with E-state index in [0.717, 1.165) is 10.9 Å². The van der Waals surface area contributed by atoms with E-state index in [9.17, 15) is 4.79 Å². The molecule has 0 spiro atoms. The molecule has 0 heterocycles. The third-order valence-electron chi connectivity index (χ3n) is 2.27. The summed E-state index contributed by atoms with van der Waals surface area (Å²) in [6.07, 6.45) is 0. The predicted octanol–water partition coefficient (Wildman–Crippen LogP) is 4.20. The SMILES string of the molecule is O=C(Br)C(Br)c1ccc2ccccc2c1. The molecule has 0 amide bonds. The number of rotatable bonds is 2. The Hall–Kier alpha value is -0.670. The van der Waals surface area contributed by atoms with Crippen LogP contribution in [0.1, 0.15) is 10.4 Å². The van der Waals surface area contributed by atoms with E-state index in [1.54, 1.807) is 0 Å². The molecule has 0 aliphatic heterocycles. The summed E-state index contributed by atoms with van der Waals surface area (Å²) in [5.74, 6) is 0. The Balaban J connectivity index is 2.51. The van der Waals surface area contributed by atoms with E-state index in [-0.39, 0.29) is 9.52 Å². The van der Waals surface area contributed by atoms with E-state index in [0.29, 0.717) is 0 Å². The van der Waals surface area contributed by atoms with Crippen molar-refractivity contribution < 1.29 is 4.79 Å². The van der Waals surface area contributed by atoms with E-state index in [1.165, 1.54) is 5.39 Å². The van der Waals surface area contributed by atoms with Gasteiger partial charge in [-0.2, -0.15) is 0 Å². The molecule has 0 fully saturated rings. The molecule has 15 heavy (non-hydrogen) atoms. The zero-order valence-electron chi connectivity index (χ0n) is 7.78. The van der Waals surface area contributed by atoms with E-state index in [1.807, 2.05) is 36.4 Å². The van der Waals surface area contributed by atoms with Crippen molar-refractivity contribution in [2.45, 2.75) is 4.83 Å². The summed E-state index contributed by atoms with van der Waals surface area (Å²) in [5.41, 5.74) is 0.968. The molecule has 0 aromatic heterocycles. The molecule has 2 rings (SSSR count). The largest absolute Gasteiger partial charge is 0.285 e. The standard InChI is InChI=1S/C12H8Br2O/c13-11(12(14)15)10-6-5-8-3-1-2-4-9(8)7-10/h1-7,11H.